The quantitative estimate of drug-likeness (QED) is 0.612. The number of ether oxygens (including phenoxy) is 2. The maximum absolute atomic E-state index is 13.9. The highest BCUT2D eigenvalue weighted by Crippen LogP contribution is 2.69. The molecule has 176 valence electrons. The van der Waals surface area contributed by atoms with E-state index >= 15 is 0 Å². The fraction of sp³-hybridized carbons (Fsp3) is 0.852. The minimum atomic E-state index is -0.509. The maximum Gasteiger partial charge on any atom is 0.171 e. The van der Waals surface area contributed by atoms with Crippen LogP contribution in [-0.2, 0) is 19.1 Å². The standard InChI is InChI=1S/C27H38O5/c1-14-5-8-27(31-13-14)15(2)23-21(32-27)11-18-22-19(29)10-16-9-17(28)6-7-25(16,3)24(22)20(30)12-26(18,23)4/h10,14-15,17-18,21-24,28H,5-9,11-13H2,1-4H3/t14-,15+,17-,18+,21-,22-,23+,24+,25+,26+,27-/m1/s1. The van der Waals surface area contributed by atoms with Crippen LogP contribution in [0.2, 0.25) is 0 Å². The van der Waals surface area contributed by atoms with Gasteiger partial charge in [0.1, 0.15) is 5.78 Å². The molecule has 2 heterocycles. The molecule has 6 aliphatic rings. The van der Waals surface area contributed by atoms with E-state index in [1.165, 1.54) is 0 Å². The third-order valence-electron chi connectivity index (χ3n) is 10.9. The summed E-state index contributed by atoms with van der Waals surface area (Å²) in [6, 6.07) is 0. The predicted molar refractivity (Wildman–Crippen MR) is 118 cm³/mol. The van der Waals surface area contributed by atoms with E-state index in [1.54, 1.807) is 0 Å². The van der Waals surface area contributed by atoms with Crippen LogP contribution >= 0.6 is 0 Å². The first-order chi connectivity index (χ1) is 15.1. The van der Waals surface area contributed by atoms with E-state index in [1.807, 2.05) is 6.08 Å². The summed E-state index contributed by atoms with van der Waals surface area (Å²) in [6.45, 7) is 9.67. The van der Waals surface area contributed by atoms with Crippen LogP contribution in [0.15, 0.2) is 11.6 Å². The van der Waals surface area contributed by atoms with Crippen LogP contribution < -0.4 is 0 Å². The maximum atomic E-state index is 13.9. The number of rotatable bonds is 0. The molecular weight excluding hydrogens is 404 g/mol. The van der Waals surface area contributed by atoms with Crippen molar-refractivity contribution in [2.45, 2.75) is 90.6 Å². The third kappa shape index (κ3) is 2.62. The highest BCUT2D eigenvalue weighted by Gasteiger charge is 2.71. The lowest BCUT2D eigenvalue weighted by atomic mass is 9.46. The minimum absolute atomic E-state index is 0.0686. The van der Waals surface area contributed by atoms with E-state index in [4.69, 9.17) is 9.47 Å². The van der Waals surface area contributed by atoms with Crippen LogP contribution in [0.3, 0.4) is 0 Å². The molecule has 2 saturated heterocycles. The van der Waals surface area contributed by atoms with Crippen LogP contribution in [0, 0.1) is 46.3 Å². The van der Waals surface area contributed by atoms with Crippen molar-refractivity contribution >= 4 is 11.6 Å². The van der Waals surface area contributed by atoms with Crippen LogP contribution in [-0.4, -0.2) is 41.3 Å². The molecule has 0 unspecified atom stereocenters. The Morgan fingerprint density at radius 2 is 1.91 bits per heavy atom. The fourth-order valence-electron chi connectivity index (χ4n) is 9.23. The zero-order valence-electron chi connectivity index (χ0n) is 19.9. The van der Waals surface area contributed by atoms with Crippen LogP contribution in [0.1, 0.15) is 72.6 Å². The molecule has 32 heavy (non-hydrogen) atoms. The van der Waals surface area contributed by atoms with E-state index in [0.29, 0.717) is 25.2 Å². The lowest BCUT2D eigenvalue weighted by Gasteiger charge is -2.56. The molecule has 1 N–H and O–H groups in total. The molecule has 0 aromatic carbocycles. The zero-order chi connectivity index (χ0) is 22.6. The number of ketones is 2. The molecule has 4 aliphatic carbocycles. The van der Waals surface area contributed by atoms with Gasteiger partial charge in [-0.3, -0.25) is 9.59 Å². The molecule has 6 rings (SSSR count). The molecule has 0 aromatic rings. The van der Waals surface area contributed by atoms with Crippen molar-refractivity contribution in [1.29, 1.82) is 0 Å². The molecule has 0 aromatic heterocycles. The van der Waals surface area contributed by atoms with E-state index in [9.17, 15) is 14.7 Å². The van der Waals surface area contributed by atoms with E-state index in [0.717, 1.165) is 37.9 Å². The monoisotopic (exact) mass is 442 g/mol. The summed E-state index contributed by atoms with van der Waals surface area (Å²) in [6.07, 6.45) is 6.96. The Hall–Kier alpha value is -1.04. The highest BCUT2D eigenvalue weighted by molar-refractivity contribution is 6.00. The molecule has 0 amide bonds. The second kappa shape index (κ2) is 6.76. The number of hydrogen-bond acceptors (Lipinski definition) is 5. The molecular formula is C27H38O5. The van der Waals surface area contributed by atoms with Gasteiger partial charge < -0.3 is 14.6 Å². The van der Waals surface area contributed by atoms with Gasteiger partial charge in [-0.25, -0.2) is 0 Å². The molecule has 3 saturated carbocycles. The highest BCUT2D eigenvalue weighted by atomic mass is 16.7. The van der Waals surface area contributed by atoms with Crippen molar-refractivity contribution < 1.29 is 24.2 Å². The number of aliphatic hydroxyl groups excluding tert-OH is 1. The van der Waals surface area contributed by atoms with Gasteiger partial charge in [0.15, 0.2) is 11.6 Å². The molecule has 0 radical (unpaired) electrons. The summed E-state index contributed by atoms with van der Waals surface area (Å²) < 4.78 is 13.1. The first kappa shape index (κ1) is 21.5. The average Bonchev–Trinajstić information content (AvgIpc) is 3.16. The smallest absolute Gasteiger partial charge is 0.171 e. The molecule has 5 fully saturated rings. The Morgan fingerprint density at radius 1 is 1.12 bits per heavy atom. The van der Waals surface area contributed by atoms with E-state index < -0.39 is 11.9 Å². The van der Waals surface area contributed by atoms with Gasteiger partial charge in [0.25, 0.3) is 0 Å². The van der Waals surface area contributed by atoms with Crippen molar-refractivity contribution in [3.05, 3.63) is 11.6 Å². The van der Waals surface area contributed by atoms with Gasteiger partial charge in [-0.15, -0.1) is 0 Å². The summed E-state index contributed by atoms with van der Waals surface area (Å²) in [5.41, 5.74) is 0.500. The number of aliphatic hydroxyl groups is 1. The number of fused-ring (bicyclic) bond motifs is 7. The zero-order valence-corrected chi connectivity index (χ0v) is 19.9. The topological polar surface area (TPSA) is 72.8 Å². The van der Waals surface area contributed by atoms with Gasteiger partial charge in [0.2, 0.25) is 0 Å². The van der Waals surface area contributed by atoms with Crippen molar-refractivity contribution in [3.63, 3.8) is 0 Å². The fourth-order valence-corrected chi connectivity index (χ4v) is 9.23. The lowest BCUT2D eigenvalue weighted by Crippen LogP contribution is -2.58. The summed E-state index contributed by atoms with van der Waals surface area (Å²) >= 11 is 0. The van der Waals surface area contributed by atoms with Gasteiger partial charge in [-0.1, -0.05) is 33.3 Å². The Balaban J connectivity index is 1.36. The molecule has 1 spiro atoms. The van der Waals surface area contributed by atoms with Crippen molar-refractivity contribution in [3.8, 4) is 0 Å². The summed E-state index contributed by atoms with van der Waals surface area (Å²) in [7, 11) is 0. The van der Waals surface area contributed by atoms with Gasteiger partial charge in [-0.2, -0.15) is 0 Å². The third-order valence-corrected chi connectivity index (χ3v) is 10.9. The summed E-state index contributed by atoms with van der Waals surface area (Å²) in [5, 5.41) is 10.2. The number of hydrogen-bond donors (Lipinski definition) is 1. The SMILES string of the molecule is C[C@@H]1CC[C@@]2(OC1)O[C@@H]1C[C@H]3[C@@H]4C(=O)C=C5C[C@H](O)CC[C@]5(C)[C@H]4C(=O)C[C@]3(C)[C@H]1[C@@H]2C. The average molecular weight is 443 g/mol. The van der Waals surface area contributed by atoms with Crippen molar-refractivity contribution in [1.82, 2.24) is 0 Å². The van der Waals surface area contributed by atoms with Crippen LogP contribution in [0.25, 0.3) is 0 Å². The number of Topliss-reactive ketones (excluding diaryl/α,β-unsaturated/α-hetero) is 1. The molecule has 5 nitrogen and oxygen atoms in total. The molecule has 0 bridgehead atoms. The number of allylic oxidation sites excluding steroid dienone is 1. The summed E-state index contributed by atoms with van der Waals surface area (Å²) in [4.78, 5) is 27.4. The largest absolute Gasteiger partial charge is 0.393 e. The Labute approximate surface area is 191 Å². The Morgan fingerprint density at radius 3 is 2.62 bits per heavy atom. The number of carbonyl (C=O) groups is 2. The first-order valence-electron chi connectivity index (χ1n) is 12.9. The van der Waals surface area contributed by atoms with Gasteiger partial charge in [-0.05, 0) is 66.8 Å². The Kier molecular flexibility index (Phi) is 4.54. The minimum Gasteiger partial charge on any atom is -0.393 e. The first-order valence-corrected chi connectivity index (χ1v) is 12.9. The lowest BCUT2D eigenvalue weighted by molar-refractivity contribution is -0.272. The van der Waals surface area contributed by atoms with Crippen molar-refractivity contribution in [2.75, 3.05) is 6.61 Å². The molecule has 11 atom stereocenters. The van der Waals surface area contributed by atoms with Crippen LogP contribution in [0.5, 0.6) is 0 Å². The predicted octanol–water partition coefficient (Wildman–Crippen LogP) is 4.07. The van der Waals surface area contributed by atoms with Gasteiger partial charge in [0, 0.05) is 30.6 Å². The number of carbonyl (C=O) groups excluding carboxylic acids is 2. The van der Waals surface area contributed by atoms with Gasteiger partial charge >= 0.3 is 0 Å². The normalized spacial score (nSPS) is 57.0. The molecule has 2 aliphatic heterocycles. The van der Waals surface area contributed by atoms with Gasteiger partial charge in [0.05, 0.1) is 18.8 Å². The second-order valence-corrected chi connectivity index (χ2v) is 12.6. The Bertz CT molecular complexity index is 884. The summed E-state index contributed by atoms with van der Waals surface area (Å²) in [5.74, 6) is 0.610. The van der Waals surface area contributed by atoms with E-state index in [2.05, 4.69) is 27.7 Å². The second-order valence-electron chi connectivity index (χ2n) is 12.6. The van der Waals surface area contributed by atoms with Crippen LogP contribution in [0.4, 0.5) is 0 Å². The molecule has 5 heteroatoms. The van der Waals surface area contributed by atoms with E-state index in [-0.39, 0.29) is 58.1 Å². The van der Waals surface area contributed by atoms with Crippen molar-refractivity contribution in [2.24, 2.45) is 46.3 Å².